The zero-order valence-electron chi connectivity index (χ0n) is 1.19. The predicted octanol–water partition coefficient (Wildman–Crippen LogP) is -3.29. The quantitative estimate of drug-likeness (QED) is 0.384. The van der Waals surface area contributed by atoms with E-state index in [1.807, 2.05) is 0 Å². The summed E-state index contributed by atoms with van der Waals surface area (Å²) in [4.78, 5) is 0. The monoisotopic (exact) mass is 231 g/mol. The van der Waals surface area contributed by atoms with Gasteiger partial charge < -0.3 is 0 Å². The molecule has 0 unspecified atom stereocenters. The number of hydrogen-bond acceptors (Lipinski definition) is 0. The van der Waals surface area contributed by atoms with Gasteiger partial charge in [0.05, 0.1) is 8.41 Å². The molecule has 0 spiro atoms. The smallest absolute Gasteiger partial charge is 0 e. The van der Waals surface area contributed by atoms with Crippen molar-refractivity contribution >= 4 is 48.8 Å². The first-order valence-corrected chi connectivity index (χ1v) is 0. The Morgan fingerprint density at radius 3 is 1.00 bits per heavy atom. The minimum absolute atomic E-state index is 0. The summed E-state index contributed by atoms with van der Waals surface area (Å²) >= 11 is 0. The van der Waals surface area contributed by atoms with Crippen molar-refractivity contribution in [3.8, 4) is 0 Å². The molecular weight excluding hydrogens is 224 g/mol. The van der Waals surface area contributed by atoms with Gasteiger partial charge in [0.2, 0.25) is 0 Å². The maximum Gasteiger partial charge on any atom is 0.316 e. The van der Waals surface area contributed by atoms with Crippen molar-refractivity contribution in [3.63, 3.8) is 0 Å². The van der Waals surface area contributed by atoms with E-state index in [2.05, 4.69) is 0 Å². The van der Waals surface area contributed by atoms with Crippen molar-refractivity contribution in [1.82, 2.24) is 0 Å². The Morgan fingerprint density at radius 2 is 1.00 bits per heavy atom. The molecule has 0 aromatic heterocycles. The number of rotatable bonds is 0. The molecule has 0 rings (SSSR count). The molecule has 0 aliphatic rings. The van der Waals surface area contributed by atoms with Crippen LogP contribution in [-0.2, 0) is 55.3 Å². The van der Waals surface area contributed by atoms with Gasteiger partial charge in [0.15, 0.2) is 17.4 Å². The van der Waals surface area contributed by atoms with E-state index in [0.717, 1.165) is 0 Å². The van der Waals surface area contributed by atoms with Gasteiger partial charge in [0.1, 0.15) is 0 Å². The summed E-state index contributed by atoms with van der Waals surface area (Å²) in [6.07, 6.45) is 0. The maximum atomic E-state index is 0. The third kappa shape index (κ3) is 27.5. The summed E-state index contributed by atoms with van der Waals surface area (Å²) in [5.74, 6) is 0. The molecule has 6 heavy (non-hydrogen) atoms. The SMILES string of the molecule is B.[AlH3].[MgH2].[Mn].[Ni].[Ti]. The summed E-state index contributed by atoms with van der Waals surface area (Å²) in [6, 6.07) is 0. The molecule has 0 amide bonds. The van der Waals surface area contributed by atoms with Crippen LogP contribution >= 0.6 is 0 Å². The molecule has 0 aliphatic heterocycles. The van der Waals surface area contributed by atoms with E-state index in [1.165, 1.54) is 0 Å². The van der Waals surface area contributed by atoms with Crippen molar-refractivity contribution < 1.29 is 55.3 Å². The second-order valence-corrected chi connectivity index (χ2v) is 0. The van der Waals surface area contributed by atoms with Crippen molar-refractivity contribution in [2.24, 2.45) is 0 Å². The topological polar surface area (TPSA) is 0 Å². The van der Waals surface area contributed by atoms with Crippen LogP contribution in [-0.4, -0.2) is 48.8 Å². The molecule has 0 aromatic rings. The van der Waals surface area contributed by atoms with Gasteiger partial charge in [0.25, 0.3) is 0 Å². The summed E-state index contributed by atoms with van der Waals surface area (Å²) in [6.45, 7) is 0. The molecule has 0 heterocycles. The molecule has 0 aromatic carbocycles. The molecule has 1 radical (unpaired) electrons. The van der Waals surface area contributed by atoms with E-state index in [-0.39, 0.29) is 104 Å². The van der Waals surface area contributed by atoms with Gasteiger partial charge in [-0.15, -0.1) is 0 Å². The largest absolute Gasteiger partial charge is 0.316 e. The second kappa shape index (κ2) is 42.6. The van der Waals surface area contributed by atoms with E-state index >= 15 is 0 Å². The van der Waals surface area contributed by atoms with Crippen LogP contribution in [0, 0.1) is 0 Å². The molecular formula is H8AlBMgMnNiTi. The fourth-order valence-corrected chi connectivity index (χ4v) is 0. The normalized spacial score (nSPS) is 0. The van der Waals surface area contributed by atoms with Crippen LogP contribution in [0.25, 0.3) is 0 Å². The molecule has 0 fully saturated rings. The third-order valence-corrected chi connectivity index (χ3v) is 0. The minimum Gasteiger partial charge on any atom is 0 e. The Morgan fingerprint density at radius 1 is 1.00 bits per heavy atom. The van der Waals surface area contributed by atoms with Gasteiger partial charge in [-0.1, -0.05) is 0 Å². The van der Waals surface area contributed by atoms with Crippen LogP contribution in [0.5, 0.6) is 0 Å². The summed E-state index contributed by atoms with van der Waals surface area (Å²) < 4.78 is 0. The first-order valence-electron chi connectivity index (χ1n) is 0. The molecule has 0 atom stereocenters. The van der Waals surface area contributed by atoms with Crippen molar-refractivity contribution in [1.29, 1.82) is 0 Å². The molecule has 0 N–H and O–H groups in total. The van der Waals surface area contributed by atoms with E-state index in [0.29, 0.717) is 0 Å². The molecule has 0 saturated heterocycles. The van der Waals surface area contributed by atoms with Gasteiger partial charge in [-0.2, -0.15) is 0 Å². The molecule has 6 heteroatoms. The van der Waals surface area contributed by atoms with Crippen molar-refractivity contribution in [3.05, 3.63) is 0 Å². The van der Waals surface area contributed by atoms with Gasteiger partial charge in [0, 0.05) is 55.3 Å². The molecule has 0 nitrogen and oxygen atoms in total. The van der Waals surface area contributed by atoms with Crippen LogP contribution in [0.15, 0.2) is 0 Å². The minimum atomic E-state index is 0. The third-order valence-electron chi connectivity index (χ3n) is 0. The van der Waals surface area contributed by atoms with Gasteiger partial charge >= 0.3 is 23.1 Å². The molecule has 0 bridgehead atoms. The van der Waals surface area contributed by atoms with Crippen LogP contribution in [0.4, 0.5) is 0 Å². The van der Waals surface area contributed by atoms with Crippen LogP contribution in [0.3, 0.4) is 0 Å². The molecule has 37 valence electrons. The van der Waals surface area contributed by atoms with E-state index in [1.54, 1.807) is 0 Å². The standard InChI is InChI=1S/Al.BH3.Mg.Mn.Ni.Ti.5H/h;1H3;;;;;;;;;. The Labute approximate surface area is 102 Å². The Kier molecular flexibility index (Phi) is 442. The molecule has 0 saturated carbocycles. The zero-order chi connectivity index (χ0) is 0. The van der Waals surface area contributed by atoms with Crippen molar-refractivity contribution in [2.45, 2.75) is 0 Å². The average Bonchev–Trinajstić information content (AvgIpc) is 0. The van der Waals surface area contributed by atoms with Crippen molar-refractivity contribution in [2.75, 3.05) is 0 Å². The Balaban J connectivity index is 0. The number of hydrogen-bond donors (Lipinski definition) is 0. The fourth-order valence-electron chi connectivity index (χ4n) is 0. The zero-order valence-corrected chi connectivity index (χ0v) is 4.92. The second-order valence-electron chi connectivity index (χ2n) is 0. The predicted molar refractivity (Wildman–Crippen MR) is 28.4 cm³/mol. The summed E-state index contributed by atoms with van der Waals surface area (Å²) in [5.41, 5.74) is 0. The fraction of sp³-hybridized carbons (Fsp3) is 0. The maximum absolute atomic E-state index is 0. The van der Waals surface area contributed by atoms with Gasteiger partial charge in [-0.25, -0.2) is 0 Å². The molecule has 0 aliphatic carbocycles. The Bertz CT molecular complexity index is 15.5. The van der Waals surface area contributed by atoms with Gasteiger partial charge in [-0.05, 0) is 0 Å². The summed E-state index contributed by atoms with van der Waals surface area (Å²) in [5, 5.41) is 0. The summed E-state index contributed by atoms with van der Waals surface area (Å²) in [7, 11) is 0. The van der Waals surface area contributed by atoms with E-state index < -0.39 is 0 Å². The van der Waals surface area contributed by atoms with E-state index in [9.17, 15) is 0 Å². The van der Waals surface area contributed by atoms with Gasteiger partial charge in [-0.3, -0.25) is 0 Å². The van der Waals surface area contributed by atoms with Crippen LogP contribution < -0.4 is 0 Å². The van der Waals surface area contributed by atoms with Crippen LogP contribution in [0.2, 0.25) is 0 Å². The van der Waals surface area contributed by atoms with Crippen LogP contribution in [0.1, 0.15) is 0 Å². The Hall–Kier alpha value is 3.09. The first kappa shape index (κ1) is 62.3. The average molecular weight is 232 g/mol. The first-order chi connectivity index (χ1) is 0. The van der Waals surface area contributed by atoms with E-state index in [4.69, 9.17) is 0 Å².